The molecule has 1 unspecified atom stereocenters. The molecule has 0 aromatic heterocycles. The van der Waals surface area contributed by atoms with Crippen LogP contribution in [0.15, 0.2) is 53.4 Å². The van der Waals surface area contributed by atoms with E-state index in [1.807, 2.05) is 42.2 Å². The van der Waals surface area contributed by atoms with Gasteiger partial charge in [-0.15, -0.1) is 0 Å². The van der Waals surface area contributed by atoms with Crippen molar-refractivity contribution >= 4 is 21.6 Å². The summed E-state index contributed by atoms with van der Waals surface area (Å²) in [5.41, 5.74) is 0.636. The maximum Gasteiger partial charge on any atom is 0.312 e. The topological polar surface area (TPSA) is 122 Å². The van der Waals surface area contributed by atoms with Crippen molar-refractivity contribution in [2.75, 3.05) is 39.8 Å². The standard InChI is InChI=1S/C22H28N4O6S/c1-17(18-6-4-3-5-7-18)23-22(27)10-11-24-12-14-25(15-13-24)33(30,31)19-8-9-21(32-2)20(16-19)26(28)29/h3-9,16-17H,10-15H2,1-2H3,(H,23,27). The number of carbonyl (C=O) groups is 1. The van der Waals surface area contributed by atoms with Crippen molar-refractivity contribution in [3.8, 4) is 5.75 Å². The number of benzene rings is 2. The van der Waals surface area contributed by atoms with Crippen LogP contribution in [0.4, 0.5) is 5.69 Å². The number of nitro benzene ring substituents is 1. The lowest BCUT2D eigenvalue weighted by Crippen LogP contribution is -2.49. The minimum Gasteiger partial charge on any atom is -0.490 e. The molecular formula is C22H28N4O6S. The quantitative estimate of drug-likeness (QED) is 0.435. The normalized spacial score (nSPS) is 16.2. The first kappa shape index (κ1) is 24.6. The lowest BCUT2D eigenvalue weighted by Gasteiger charge is -2.33. The average Bonchev–Trinajstić information content (AvgIpc) is 2.83. The molecule has 1 heterocycles. The van der Waals surface area contributed by atoms with Gasteiger partial charge in [-0.1, -0.05) is 30.3 Å². The average molecular weight is 477 g/mol. The number of carbonyl (C=O) groups excluding carboxylic acids is 1. The van der Waals surface area contributed by atoms with Gasteiger partial charge in [-0.2, -0.15) is 4.31 Å². The smallest absolute Gasteiger partial charge is 0.312 e. The van der Waals surface area contributed by atoms with Crippen LogP contribution in [0.3, 0.4) is 0 Å². The van der Waals surface area contributed by atoms with E-state index in [0.29, 0.717) is 26.1 Å². The zero-order valence-electron chi connectivity index (χ0n) is 18.6. The first-order valence-electron chi connectivity index (χ1n) is 10.6. The number of sulfonamides is 1. The summed E-state index contributed by atoms with van der Waals surface area (Å²) < 4.78 is 32.2. The van der Waals surface area contributed by atoms with Crippen molar-refractivity contribution in [2.45, 2.75) is 24.3 Å². The van der Waals surface area contributed by atoms with Crippen molar-refractivity contribution < 1.29 is 22.9 Å². The molecule has 2 aromatic carbocycles. The molecular weight excluding hydrogens is 448 g/mol. The maximum absolute atomic E-state index is 13.0. The Morgan fingerprint density at radius 1 is 1.15 bits per heavy atom. The number of piperazine rings is 1. The molecule has 33 heavy (non-hydrogen) atoms. The van der Waals surface area contributed by atoms with Crippen LogP contribution in [0.5, 0.6) is 5.75 Å². The summed E-state index contributed by atoms with van der Waals surface area (Å²) in [6, 6.07) is 13.2. The van der Waals surface area contributed by atoms with Crippen molar-refractivity contribution in [3.63, 3.8) is 0 Å². The van der Waals surface area contributed by atoms with E-state index in [4.69, 9.17) is 4.74 Å². The third-order valence-corrected chi connectivity index (χ3v) is 7.54. The van der Waals surface area contributed by atoms with Gasteiger partial charge in [0, 0.05) is 45.2 Å². The maximum atomic E-state index is 13.0. The lowest BCUT2D eigenvalue weighted by atomic mass is 10.1. The van der Waals surface area contributed by atoms with E-state index in [-0.39, 0.29) is 35.7 Å². The molecule has 2 aromatic rings. The summed E-state index contributed by atoms with van der Waals surface area (Å²) in [5.74, 6) is -0.0597. The van der Waals surface area contributed by atoms with E-state index in [0.717, 1.165) is 11.6 Å². The molecule has 1 saturated heterocycles. The summed E-state index contributed by atoms with van der Waals surface area (Å²) in [6.45, 7) is 3.88. The molecule has 0 radical (unpaired) electrons. The molecule has 1 N–H and O–H groups in total. The largest absolute Gasteiger partial charge is 0.490 e. The number of nitrogens with one attached hydrogen (secondary N) is 1. The summed E-state index contributed by atoms with van der Waals surface area (Å²) in [6.07, 6.45) is 0.314. The van der Waals surface area contributed by atoms with Gasteiger partial charge in [0.15, 0.2) is 5.75 Å². The highest BCUT2D eigenvalue weighted by Gasteiger charge is 2.30. The molecule has 0 saturated carbocycles. The van der Waals surface area contributed by atoms with Gasteiger partial charge in [0.25, 0.3) is 0 Å². The molecule has 0 aliphatic carbocycles. The molecule has 0 spiro atoms. The summed E-state index contributed by atoms with van der Waals surface area (Å²) >= 11 is 0. The highest BCUT2D eigenvalue weighted by atomic mass is 32.2. The van der Waals surface area contributed by atoms with Gasteiger partial charge < -0.3 is 15.0 Å². The van der Waals surface area contributed by atoms with Crippen LogP contribution in [0.1, 0.15) is 24.9 Å². The van der Waals surface area contributed by atoms with Crippen LogP contribution in [0.2, 0.25) is 0 Å². The number of hydrogen-bond acceptors (Lipinski definition) is 7. The summed E-state index contributed by atoms with van der Waals surface area (Å²) in [7, 11) is -2.59. The van der Waals surface area contributed by atoms with Gasteiger partial charge in [0.1, 0.15) is 0 Å². The van der Waals surface area contributed by atoms with Gasteiger partial charge >= 0.3 is 5.69 Å². The molecule has 1 aliphatic rings. The van der Waals surface area contributed by atoms with E-state index in [2.05, 4.69) is 5.32 Å². The van der Waals surface area contributed by atoms with Gasteiger partial charge in [-0.3, -0.25) is 14.9 Å². The van der Waals surface area contributed by atoms with E-state index in [1.54, 1.807) is 0 Å². The Morgan fingerprint density at radius 2 is 1.82 bits per heavy atom. The first-order valence-corrected chi connectivity index (χ1v) is 12.1. The van der Waals surface area contributed by atoms with Crippen molar-refractivity contribution in [1.82, 2.24) is 14.5 Å². The van der Waals surface area contributed by atoms with E-state index in [9.17, 15) is 23.3 Å². The highest BCUT2D eigenvalue weighted by molar-refractivity contribution is 7.89. The van der Waals surface area contributed by atoms with Gasteiger partial charge in [-0.05, 0) is 24.6 Å². The predicted molar refractivity (Wildman–Crippen MR) is 122 cm³/mol. The van der Waals surface area contributed by atoms with Crippen molar-refractivity contribution in [2.24, 2.45) is 0 Å². The Hall–Kier alpha value is -3.02. The zero-order valence-corrected chi connectivity index (χ0v) is 19.5. The van der Waals surface area contributed by atoms with Crippen LogP contribution in [-0.4, -0.2) is 68.3 Å². The SMILES string of the molecule is COc1ccc(S(=O)(=O)N2CCN(CCC(=O)NC(C)c3ccccc3)CC2)cc1[N+](=O)[O-]. The van der Waals surface area contributed by atoms with Crippen LogP contribution >= 0.6 is 0 Å². The number of nitrogens with zero attached hydrogens (tertiary/aromatic N) is 3. The van der Waals surface area contributed by atoms with E-state index in [1.165, 1.54) is 23.5 Å². The molecule has 0 bridgehead atoms. The zero-order chi connectivity index (χ0) is 24.0. The molecule has 10 nitrogen and oxygen atoms in total. The number of methoxy groups -OCH3 is 1. The second kappa shape index (κ2) is 10.7. The Morgan fingerprint density at radius 3 is 2.42 bits per heavy atom. The Balaban J connectivity index is 1.52. The molecule has 178 valence electrons. The second-order valence-electron chi connectivity index (χ2n) is 7.79. The van der Waals surface area contributed by atoms with Crippen molar-refractivity contribution in [1.29, 1.82) is 0 Å². The monoisotopic (exact) mass is 476 g/mol. The number of ether oxygens (including phenoxy) is 1. The number of rotatable bonds is 9. The van der Waals surface area contributed by atoms with Crippen LogP contribution in [0, 0.1) is 10.1 Å². The van der Waals surface area contributed by atoms with Gasteiger partial charge in [0.05, 0.1) is 23.0 Å². The fraction of sp³-hybridized carbons (Fsp3) is 0.409. The third kappa shape index (κ3) is 6.06. The third-order valence-electron chi connectivity index (χ3n) is 5.65. The first-order chi connectivity index (χ1) is 15.7. The van der Waals surface area contributed by atoms with Crippen molar-refractivity contribution in [3.05, 3.63) is 64.2 Å². The van der Waals surface area contributed by atoms with E-state index < -0.39 is 20.6 Å². The summed E-state index contributed by atoms with van der Waals surface area (Å²) in [5, 5.41) is 14.2. The molecule has 3 rings (SSSR count). The molecule has 1 fully saturated rings. The number of hydrogen-bond donors (Lipinski definition) is 1. The summed E-state index contributed by atoms with van der Waals surface area (Å²) in [4.78, 5) is 24.8. The lowest BCUT2D eigenvalue weighted by molar-refractivity contribution is -0.386. The van der Waals surface area contributed by atoms with E-state index >= 15 is 0 Å². The van der Waals surface area contributed by atoms with Crippen LogP contribution in [0.25, 0.3) is 0 Å². The Labute approximate surface area is 193 Å². The van der Waals surface area contributed by atoms with Gasteiger partial charge in [-0.25, -0.2) is 8.42 Å². The fourth-order valence-electron chi connectivity index (χ4n) is 3.71. The highest BCUT2D eigenvalue weighted by Crippen LogP contribution is 2.30. The Bertz CT molecular complexity index is 1090. The minimum atomic E-state index is -3.88. The molecule has 1 atom stereocenters. The Kier molecular flexibility index (Phi) is 8.01. The number of amides is 1. The molecule has 1 amide bonds. The fourth-order valence-corrected chi connectivity index (χ4v) is 5.16. The second-order valence-corrected chi connectivity index (χ2v) is 9.72. The predicted octanol–water partition coefficient (Wildman–Crippen LogP) is 2.18. The van der Waals surface area contributed by atoms with Crippen LogP contribution in [-0.2, 0) is 14.8 Å². The minimum absolute atomic E-state index is 0.00336. The molecule has 11 heteroatoms. The number of nitro groups is 1. The van der Waals surface area contributed by atoms with Crippen LogP contribution < -0.4 is 10.1 Å². The van der Waals surface area contributed by atoms with Gasteiger partial charge in [0.2, 0.25) is 15.9 Å². The molecule has 1 aliphatic heterocycles.